The molecular weight excluding hydrogens is 198 g/mol. The first kappa shape index (κ1) is 13.0. The number of anilines is 1. The summed E-state index contributed by atoms with van der Waals surface area (Å²) >= 11 is 0. The second-order valence-corrected chi connectivity index (χ2v) is 5.20. The van der Waals surface area contributed by atoms with Crippen molar-refractivity contribution in [3.63, 3.8) is 0 Å². The molecule has 1 aromatic rings. The summed E-state index contributed by atoms with van der Waals surface area (Å²) < 4.78 is 0. The molecule has 0 radical (unpaired) electrons. The fourth-order valence-corrected chi connectivity index (χ4v) is 1.72. The summed E-state index contributed by atoms with van der Waals surface area (Å²) in [5, 5.41) is 9.27. The van der Waals surface area contributed by atoms with E-state index in [2.05, 4.69) is 52.0 Å². The van der Waals surface area contributed by atoms with Crippen LogP contribution in [0.1, 0.15) is 39.7 Å². The van der Waals surface area contributed by atoms with Crippen molar-refractivity contribution in [1.82, 2.24) is 0 Å². The van der Waals surface area contributed by atoms with Crippen LogP contribution >= 0.6 is 0 Å². The third-order valence-corrected chi connectivity index (χ3v) is 2.76. The van der Waals surface area contributed by atoms with E-state index in [0.717, 1.165) is 18.7 Å². The van der Waals surface area contributed by atoms with Crippen LogP contribution in [0.15, 0.2) is 24.3 Å². The lowest BCUT2D eigenvalue weighted by molar-refractivity contribution is 0.291. The average Bonchev–Trinajstić information content (AvgIpc) is 2.25. The molecule has 0 saturated carbocycles. The molecule has 0 spiro atoms. The molecule has 0 aliphatic heterocycles. The summed E-state index contributed by atoms with van der Waals surface area (Å²) in [7, 11) is 0. The van der Waals surface area contributed by atoms with Crippen molar-refractivity contribution in [3.05, 3.63) is 29.8 Å². The molecule has 0 atom stereocenters. The summed E-state index contributed by atoms with van der Waals surface area (Å²) in [6.45, 7) is 9.72. The molecule has 1 aromatic carbocycles. The highest BCUT2D eigenvalue weighted by Crippen LogP contribution is 2.24. The zero-order valence-corrected chi connectivity index (χ0v) is 10.8. The van der Waals surface area contributed by atoms with E-state index in [-0.39, 0.29) is 12.1 Å². The number of nitrogens with zero attached hydrogens (tertiary/aromatic N) is 1. The molecule has 0 aliphatic rings. The Morgan fingerprint density at radius 1 is 1.12 bits per heavy atom. The van der Waals surface area contributed by atoms with Crippen LogP contribution in [0.3, 0.4) is 0 Å². The lowest BCUT2D eigenvalue weighted by atomic mass is 9.87. The van der Waals surface area contributed by atoms with Gasteiger partial charge in [0.25, 0.3) is 0 Å². The van der Waals surface area contributed by atoms with Crippen molar-refractivity contribution in [2.24, 2.45) is 0 Å². The maximum atomic E-state index is 9.27. The van der Waals surface area contributed by atoms with Gasteiger partial charge in [0.2, 0.25) is 0 Å². The minimum atomic E-state index is 0.0860. The Kier molecular flexibility index (Phi) is 4.36. The van der Waals surface area contributed by atoms with Crippen molar-refractivity contribution in [3.8, 4) is 0 Å². The summed E-state index contributed by atoms with van der Waals surface area (Å²) in [6, 6.07) is 8.47. The first-order chi connectivity index (χ1) is 7.49. The largest absolute Gasteiger partial charge is 0.376 e. The SMILES string of the molecule is CCCN(CO)c1ccc(C(C)(C)C)cc1. The summed E-state index contributed by atoms with van der Waals surface area (Å²) in [5.41, 5.74) is 2.61. The normalized spacial score (nSPS) is 11.6. The van der Waals surface area contributed by atoms with Gasteiger partial charge in [-0.05, 0) is 29.5 Å². The molecule has 0 unspecified atom stereocenters. The molecule has 2 heteroatoms. The molecule has 0 fully saturated rings. The maximum Gasteiger partial charge on any atom is 0.115 e. The number of rotatable bonds is 4. The predicted octanol–water partition coefficient (Wildman–Crippen LogP) is 3.15. The monoisotopic (exact) mass is 221 g/mol. The van der Waals surface area contributed by atoms with E-state index in [9.17, 15) is 5.11 Å². The third-order valence-electron chi connectivity index (χ3n) is 2.76. The first-order valence-electron chi connectivity index (χ1n) is 5.95. The molecule has 0 bridgehead atoms. The van der Waals surface area contributed by atoms with Crippen LogP contribution in [0, 0.1) is 0 Å². The molecule has 0 aliphatic carbocycles. The second kappa shape index (κ2) is 5.35. The van der Waals surface area contributed by atoms with Gasteiger partial charge in [0.15, 0.2) is 0 Å². The Morgan fingerprint density at radius 3 is 2.06 bits per heavy atom. The summed E-state index contributed by atoms with van der Waals surface area (Å²) in [4.78, 5) is 1.98. The number of benzene rings is 1. The maximum absolute atomic E-state index is 9.27. The molecule has 0 heterocycles. The standard InChI is InChI=1S/C14H23NO/c1-5-10-15(11-16)13-8-6-12(7-9-13)14(2,3)4/h6-9,16H,5,10-11H2,1-4H3. The fourth-order valence-electron chi connectivity index (χ4n) is 1.72. The van der Waals surface area contributed by atoms with Crippen LogP contribution in [-0.2, 0) is 5.41 Å². The number of hydrogen-bond donors (Lipinski definition) is 1. The molecular formula is C14H23NO. The zero-order chi connectivity index (χ0) is 12.2. The van der Waals surface area contributed by atoms with Crippen LogP contribution in [0.4, 0.5) is 5.69 Å². The van der Waals surface area contributed by atoms with Crippen molar-refractivity contribution in [1.29, 1.82) is 0 Å². The van der Waals surface area contributed by atoms with Gasteiger partial charge in [0, 0.05) is 12.2 Å². The highest BCUT2D eigenvalue weighted by molar-refractivity contribution is 5.48. The zero-order valence-electron chi connectivity index (χ0n) is 10.8. The third kappa shape index (κ3) is 3.24. The van der Waals surface area contributed by atoms with Gasteiger partial charge in [0.1, 0.15) is 6.73 Å². The van der Waals surface area contributed by atoms with Gasteiger partial charge in [-0.1, -0.05) is 39.8 Å². The van der Waals surface area contributed by atoms with E-state index in [0.29, 0.717) is 0 Å². The topological polar surface area (TPSA) is 23.5 Å². The molecule has 1 rings (SSSR count). The Hall–Kier alpha value is -1.02. The molecule has 16 heavy (non-hydrogen) atoms. The first-order valence-corrected chi connectivity index (χ1v) is 5.95. The summed E-state index contributed by atoms with van der Waals surface area (Å²) in [6.07, 6.45) is 1.04. The van der Waals surface area contributed by atoms with E-state index in [4.69, 9.17) is 0 Å². The minimum Gasteiger partial charge on any atom is -0.376 e. The number of hydrogen-bond acceptors (Lipinski definition) is 2. The van der Waals surface area contributed by atoms with E-state index < -0.39 is 0 Å². The smallest absolute Gasteiger partial charge is 0.115 e. The minimum absolute atomic E-state index is 0.0860. The van der Waals surface area contributed by atoms with E-state index in [1.807, 2.05) is 4.90 Å². The van der Waals surface area contributed by atoms with Crippen LogP contribution in [0.5, 0.6) is 0 Å². The number of aliphatic hydroxyl groups excluding tert-OH is 1. The highest BCUT2D eigenvalue weighted by atomic mass is 16.3. The molecule has 90 valence electrons. The Balaban J connectivity index is 2.85. The van der Waals surface area contributed by atoms with E-state index in [1.165, 1.54) is 5.56 Å². The van der Waals surface area contributed by atoms with Gasteiger partial charge >= 0.3 is 0 Å². The van der Waals surface area contributed by atoms with Crippen LogP contribution < -0.4 is 4.90 Å². The van der Waals surface area contributed by atoms with Crippen molar-refractivity contribution >= 4 is 5.69 Å². The lowest BCUT2D eigenvalue weighted by Crippen LogP contribution is -2.25. The van der Waals surface area contributed by atoms with Gasteiger partial charge in [-0.25, -0.2) is 0 Å². The van der Waals surface area contributed by atoms with Gasteiger partial charge in [0.05, 0.1) is 0 Å². The van der Waals surface area contributed by atoms with Gasteiger partial charge in [-0.15, -0.1) is 0 Å². The summed E-state index contributed by atoms with van der Waals surface area (Å²) in [5.74, 6) is 0. The van der Waals surface area contributed by atoms with Crippen LogP contribution in [0.25, 0.3) is 0 Å². The predicted molar refractivity (Wildman–Crippen MR) is 69.9 cm³/mol. The van der Waals surface area contributed by atoms with Crippen molar-refractivity contribution < 1.29 is 5.11 Å². The van der Waals surface area contributed by atoms with E-state index >= 15 is 0 Å². The van der Waals surface area contributed by atoms with Gasteiger partial charge < -0.3 is 10.0 Å². The number of aliphatic hydroxyl groups is 1. The molecule has 2 nitrogen and oxygen atoms in total. The van der Waals surface area contributed by atoms with E-state index in [1.54, 1.807) is 0 Å². The quantitative estimate of drug-likeness (QED) is 0.789. The van der Waals surface area contributed by atoms with Crippen LogP contribution in [-0.4, -0.2) is 18.4 Å². The molecule has 0 aromatic heterocycles. The fraction of sp³-hybridized carbons (Fsp3) is 0.571. The van der Waals surface area contributed by atoms with Crippen molar-refractivity contribution in [2.45, 2.75) is 39.5 Å². The molecule has 0 saturated heterocycles. The van der Waals surface area contributed by atoms with Gasteiger partial charge in [-0.3, -0.25) is 0 Å². The Labute approximate surface area is 98.9 Å². The Morgan fingerprint density at radius 2 is 1.69 bits per heavy atom. The highest BCUT2D eigenvalue weighted by Gasteiger charge is 2.13. The second-order valence-electron chi connectivity index (χ2n) is 5.20. The molecule has 1 N–H and O–H groups in total. The van der Waals surface area contributed by atoms with Crippen LogP contribution in [0.2, 0.25) is 0 Å². The van der Waals surface area contributed by atoms with Gasteiger partial charge in [-0.2, -0.15) is 0 Å². The Bertz CT molecular complexity index is 311. The molecule has 0 amide bonds. The van der Waals surface area contributed by atoms with Crippen molar-refractivity contribution in [2.75, 3.05) is 18.2 Å². The average molecular weight is 221 g/mol. The lowest BCUT2D eigenvalue weighted by Gasteiger charge is -2.24.